The molecule has 0 saturated heterocycles. The Bertz CT molecular complexity index is 1100. The van der Waals surface area contributed by atoms with Crippen LogP contribution >= 0.6 is 11.6 Å². The molecule has 0 amide bonds. The van der Waals surface area contributed by atoms with Gasteiger partial charge in [0.15, 0.2) is 11.2 Å². The molecule has 10 heteroatoms. The monoisotopic (exact) mass is 421 g/mol. The number of nitrogens with zero attached hydrogens (tertiary/aromatic N) is 3. The first-order valence-electron chi connectivity index (χ1n) is 9.41. The highest BCUT2D eigenvalue weighted by molar-refractivity contribution is 6.32. The fourth-order valence-electron chi connectivity index (χ4n) is 2.94. The van der Waals surface area contributed by atoms with Crippen molar-refractivity contribution in [3.8, 4) is 5.75 Å². The van der Waals surface area contributed by atoms with Gasteiger partial charge in [-0.2, -0.15) is 4.98 Å². The number of anilines is 1. The molecule has 156 valence electrons. The average molecular weight is 422 g/mol. The van der Waals surface area contributed by atoms with Crippen molar-refractivity contribution < 1.29 is 9.84 Å². The maximum atomic E-state index is 12.4. The number of ether oxygens (including phenoxy) is 1. The van der Waals surface area contributed by atoms with E-state index in [0.717, 1.165) is 12.8 Å². The molecule has 9 nitrogen and oxygen atoms in total. The molecule has 0 spiro atoms. The van der Waals surface area contributed by atoms with Gasteiger partial charge < -0.3 is 19.7 Å². The Labute approximate surface area is 171 Å². The Kier molecular flexibility index (Phi) is 6.60. The topological polar surface area (TPSA) is 114 Å². The maximum absolute atomic E-state index is 12.4. The summed E-state index contributed by atoms with van der Waals surface area (Å²) in [5, 5.41) is 14.1. The van der Waals surface area contributed by atoms with E-state index in [0.29, 0.717) is 23.3 Å². The van der Waals surface area contributed by atoms with Crippen LogP contribution in [0.3, 0.4) is 0 Å². The minimum absolute atomic E-state index is 0.0263. The summed E-state index contributed by atoms with van der Waals surface area (Å²) in [6.07, 6.45) is 0.962. The second kappa shape index (κ2) is 9.15. The molecule has 2 heterocycles. The molecule has 3 rings (SSSR count). The molecule has 0 aliphatic carbocycles. The predicted molar refractivity (Wildman–Crippen MR) is 112 cm³/mol. The SMILES string of the molecule is CCCCNc1nc2c(c(=O)[nH]c(=O)n2C)n1C[C@@H](O)COc1ccccc1Cl. The normalized spacial score (nSPS) is 12.3. The van der Waals surface area contributed by atoms with Crippen molar-refractivity contribution in [3.05, 3.63) is 50.1 Å². The summed E-state index contributed by atoms with van der Waals surface area (Å²) in [5.74, 6) is 0.877. The van der Waals surface area contributed by atoms with Crippen LogP contribution in [-0.4, -0.2) is 43.5 Å². The fourth-order valence-corrected chi connectivity index (χ4v) is 3.13. The van der Waals surface area contributed by atoms with Gasteiger partial charge in [-0.25, -0.2) is 4.79 Å². The highest BCUT2D eigenvalue weighted by Crippen LogP contribution is 2.23. The third-order valence-electron chi connectivity index (χ3n) is 4.48. The minimum atomic E-state index is -0.938. The zero-order valence-corrected chi connectivity index (χ0v) is 17.1. The average Bonchev–Trinajstić information content (AvgIpc) is 3.04. The molecule has 1 aromatic carbocycles. The summed E-state index contributed by atoms with van der Waals surface area (Å²) in [4.78, 5) is 31.0. The van der Waals surface area contributed by atoms with Crippen LogP contribution in [0.2, 0.25) is 5.02 Å². The first-order chi connectivity index (χ1) is 13.9. The third kappa shape index (κ3) is 4.63. The van der Waals surface area contributed by atoms with E-state index in [4.69, 9.17) is 16.3 Å². The third-order valence-corrected chi connectivity index (χ3v) is 4.79. The number of imidazole rings is 1. The number of hydrogen-bond acceptors (Lipinski definition) is 6. The predicted octanol–water partition coefficient (Wildman–Crippen LogP) is 1.73. The number of unbranched alkanes of at least 4 members (excludes halogenated alkanes) is 1. The number of para-hydroxylation sites is 1. The fraction of sp³-hybridized carbons (Fsp3) is 0.421. The van der Waals surface area contributed by atoms with Crippen molar-refractivity contribution in [1.82, 2.24) is 19.1 Å². The highest BCUT2D eigenvalue weighted by Gasteiger charge is 2.20. The van der Waals surface area contributed by atoms with Crippen LogP contribution in [0.15, 0.2) is 33.9 Å². The summed E-state index contributed by atoms with van der Waals surface area (Å²) in [7, 11) is 1.53. The Hall–Kier alpha value is -2.78. The number of nitrogens with one attached hydrogen (secondary N) is 2. The number of rotatable bonds is 9. The quantitative estimate of drug-likeness (QED) is 0.453. The van der Waals surface area contributed by atoms with Crippen LogP contribution in [0.4, 0.5) is 5.95 Å². The first-order valence-corrected chi connectivity index (χ1v) is 9.79. The molecule has 0 fully saturated rings. The van der Waals surface area contributed by atoms with Crippen LogP contribution in [0, 0.1) is 0 Å². The van der Waals surface area contributed by atoms with E-state index >= 15 is 0 Å². The number of halogens is 1. The molecule has 1 atom stereocenters. The van der Waals surface area contributed by atoms with Gasteiger partial charge in [-0.1, -0.05) is 37.1 Å². The van der Waals surface area contributed by atoms with Crippen LogP contribution in [0.1, 0.15) is 19.8 Å². The Morgan fingerprint density at radius 2 is 2.10 bits per heavy atom. The summed E-state index contributed by atoms with van der Waals surface area (Å²) in [6.45, 7) is 2.74. The molecule has 0 aliphatic rings. The van der Waals surface area contributed by atoms with Gasteiger partial charge in [0.05, 0.1) is 11.6 Å². The molecule has 0 unspecified atom stereocenters. The smallest absolute Gasteiger partial charge is 0.329 e. The number of aliphatic hydroxyl groups is 1. The van der Waals surface area contributed by atoms with Crippen molar-refractivity contribution in [2.75, 3.05) is 18.5 Å². The second-order valence-corrected chi connectivity index (χ2v) is 7.12. The number of aromatic nitrogens is 4. The zero-order chi connectivity index (χ0) is 21.0. The lowest BCUT2D eigenvalue weighted by Gasteiger charge is -2.16. The molecule has 29 heavy (non-hydrogen) atoms. The molecular weight excluding hydrogens is 398 g/mol. The summed E-state index contributed by atoms with van der Waals surface area (Å²) in [6, 6.07) is 6.98. The minimum Gasteiger partial charge on any atom is -0.489 e. The van der Waals surface area contributed by atoms with Crippen molar-refractivity contribution in [1.29, 1.82) is 0 Å². The highest BCUT2D eigenvalue weighted by atomic mass is 35.5. The van der Waals surface area contributed by atoms with Crippen LogP contribution in [0.5, 0.6) is 5.75 Å². The van der Waals surface area contributed by atoms with Crippen molar-refractivity contribution >= 4 is 28.7 Å². The molecule has 0 bridgehead atoms. The van der Waals surface area contributed by atoms with E-state index in [1.165, 1.54) is 11.6 Å². The van der Waals surface area contributed by atoms with Gasteiger partial charge >= 0.3 is 5.69 Å². The van der Waals surface area contributed by atoms with Gasteiger partial charge in [0.2, 0.25) is 5.95 Å². The van der Waals surface area contributed by atoms with E-state index < -0.39 is 17.4 Å². The van der Waals surface area contributed by atoms with Crippen LogP contribution in [-0.2, 0) is 13.6 Å². The van der Waals surface area contributed by atoms with Crippen molar-refractivity contribution in [2.45, 2.75) is 32.4 Å². The number of aliphatic hydroxyl groups excluding tert-OH is 1. The van der Waals surface area contributed by atoms with E-state index in [9.17, 15) is 14.7 Å². The van der Waals surface area contributed by atoms with E-state index in [-0.39, 0.29) is 24.3 Å². The Morgan fingerprint density at radius 3 is 2.83 bits per heavy atom. The van der Waals surface area contributed by atoms with Crippen LogP contribution in [0.25, 0.3) is 11.2 Å². The Morgan fingerprint density at radius 1 is 1.34 bits per heavy atom. The van der Waals surface area contributed by atoms with Crippen LogP contribution < -0.4 is 21.3 Å². The number of aromatic amines is 1. The largest absolute Gasteiger partial charge is 0.489 e. The van der Waals surface area contributed by atoms with Crippen molar-refractivity contribution in [3.63, 3.8) is 0 Å². The Balaban J connectivity index is 1.88. The van der Waals surface area contributed by atoms with Crippen molar-refractivity contribution in [2.24, 2.45) is 7.05 Å². The molecule has 2 aromatic heterocycles. The second-order valence-electron chi connectivity index (χ2n) is 6.71. The lowest BCUT2D eigenvalue weighted by atomic mass is 10.3. The molecule has 0 saturated carbocycles. The number of fused-ring (bicyclic) bond motifs is 1. The maximum Gasteiger partial charge on any atom is 0.329 e. The standard InChI is InChI=1S/C19H24ClN5O4/c1-3-4-9-21-18-22-16-15(17(27)23-19(28)24(16)2)25(18)10-12(26)11-29-14-8-6-5-7-13(14)20/h5-8,12,26H,3-4,9-11H2,1-2H3,(H,21,22)(H,23,27,28)/t12-/m1/s1. The zero-order valence-electron chi connectivity index (χ0n) is 16.3. The summed E-state index contributed by atoms with van der Waals surface area (Å²) < 4.78 is 8.44. The van der Waals surface area contributed by atoms with Gasteiger partial charge in [-0.15, -0.1) is 0 Å². The van der Waals surface area contributed by atoms with E-state index in [1.54, 1.807) is 28.8 Å². The van der Waals surface area contributed by atoms with Gasteiger partial charge in [0, 0.05) is 13.6 Å². The number of H-pyrrole nitrogens is 1. The number of hydrogen-bond donors (Lipinski definition) is 3. The lowest BCUT2D eigenvalue weighted by molar-refractivity contribution is 0.0939. The number of aryl methyl sites for hydroxylation is 1. The molecule has 3 aromatic rings. The molecular formula is C19H24ClN5O4. The lowest BCUT2D eigenvalue weighted by Crippen LogP contribution is -2.31. The molecule has 0 aliphatic heterocycles. The number of benzene rings is 1. The summed E-state index contributed by atoms with van der Waals surface area (Å²) in [5.41, 5.74) is -0.645. The first kappa shape index (κ1) is 20.9. The van der Waals surface area contributed by atoms with E-state index in [2.05, 4.69) is 22.2 Å². The van der Waals surface area contributed by atoms with E-state index in [1.807, 2.05) is 0 Å². The summed E-state index contributed by atoms with van der Waals surface area (Å²) >= 11 is 6.07. The van der Waals surface area contributed by atoms with Gasteiger partial charge in [0.25, 0.3) is 5.56 Å². The molecule has 0 radical (unpaired) electrons. The van der Waals surface area contributed by atoms with Gasteiger partial charge in [0.1, 0.15) is 18.5 Å². The van der Waals surface area contributed by atoms with Gasteiger partial charge in [-0.3, -0.25) is 14.3 Å². The molecule has 3 N–H and O–H groups in total. The van der Waals surface area contributed by atoms with Gasteiger partial charge in [-0.05, 0) is 18.6 Å².